The van der Waals surface area contributed by atoms with Crippen LogP contribution >= 0.6 is 0 Å². The molecule has 2 fully saturated rings. The van der Waals surface area contributed by atoms with E-state index in [9.17, 15) is 4.79 Å². The van der Waals surface area contributed by atoms with E-state index in [1.54, 1.807) is 12.3 Å². The second kappa shape index (κ2) is 5.73. The van der Waals surface area contributed by atoms with Gasteiger partial charge >= 0.3 is 6.09 Å². The van der Waals surface area contributed by atoms with Gasteiger partial charge in [-0.3, -0.25) is 0 Å². The van der Waals surface area contributed by atoms with Crippen molar-refractivity contribution in [3.05, 3.63) is 23.9 Å². The number of rotatable bonds is 1. The second-order valence-corrected chi connectivity index (χ2v) is 7.19. The first-order valence-corrected chi connectivity index (χ1v) is 8.00. The van der Waals surface area contributed by atoms with Gasteiger partial charge in [0, 0.05) is 31.4 Å². The van der Waals surface area contributed by atoms with Gasteiger partial charge in [-0.15, -0.1) is 0 Å². The highest BCUT2D eigenvalue weighted by atomic mass is 16.6. The van der Waals surface area contributed by atoms with Crippen LogP contribution in [0.5, 0.6) is 0 Å². The molecule has 0 saturated carbocycles. The molecule has 1 unspecified atom stereocenters. The molecule has 2 aliphatic heterocycles. The molecule has 122 valence electrons. The molecular weight excluding hydrogens is 292 g/mol. The van der Waals surface area contributed by atoms with Crippen molar-refractivity contribution in [2.24, 2.45) is 0 Å². The van der Waals surface area contributed by atoms with Crippen LogP contribution in [-0.2, 0) is 4.74 Å². The number of anilines is 1. The average molecular weight is 314 g/mol. The van der Waals surface area contributed by atoms with Gasteiger partial charge in [0.05, 0.1) is 5.56 Å². The van der Waals surface area contributed by atoms with Crippen LogP contribution in [0.4, 0.5) is 10.6 Å². The molecule has 0 aliphatic carbocycles. The summed E-state index contributed by atoms with van der Waals surface area (Å²) < 4.78 is 5.49. The van der Waals surface area contributed by atoms with Gasteiger partial charge in [0.25, 0.3) is 0 Å². The highest BCUT2D eigenvalue weighted by Gasteiger charge is 2.42. The quantitative estimate of drug-likeness (QED) is 0.796. The van der Waals surface area contributed by atoms with Gasteiger partial charge in [-0.2, -0.15) is 5.26 Å². The zero-order valence-electron chi connectivity index (χ0n) is 13.8. The molecular formula is C17H22N4O2. The Kier molecular flexibility index (Phi) is 3.88. The Balaban J connectivity index is 1.72. The lowest BCUT2D eigenvalue weighted by Gasteiger charge is -2.41. The van der Waals surface area contributed by atoms with E-state index in [1.807, 2.05) is 31.7 Å². The zero-order chi connectivity index (χ0) is 16.6. The molecule has 2 atom stereocenters. The van der Waals surface area contributed by atoms with E-state index in [2.05, 4.69) is 16.0 Å². The van der Waals surface area contributed by atoms with Gasteiger partial charge in [-0.05, 0) is 45.7 Å². The summed E-state index contributed by atoms with van der Waals surface area (Å²) in [5.41, 5.74) is 0.0931. The molecule has 2 bridgehead atoms. The Morgan fingerprint density at radius 3 is 2.43 bits per heavy atom. The number of piperazine rings is 1. The molecule has 0 spiro atoms. The SMILES string of the molecule is CC(C)(C)OC(=O)N1CC2CC[C@@H](C1)N2c1ccc(C#N)cn1. The Morgan fingerprint density at radius 2 is 1.96 bits per heavy atom. The highest BCUT2D eigenvalue weighted by Crippen LogP contribution is 2.34. The lowest BCUT2D eigenvalue weighted by atomic mass is 10.1. The van der Waals surface area contributed by atoms with Gasteiger partial charge < -0.3 is 14.5 Å². The molecule has 0 radical (unpaired) electrons. The number of likely N-dealkylation sites (tertiary alicyclic amines) is 1. The fraction of sp³-hybridized carbons (Fsp3) is 0.588. The van der Waals surface area contributed by atoms with Crippen molar-refractivity contribution in [2.75, 3.05) is 18.0 Å². The van der Waals surface area contributed by atoms with E-state index >= 15 is 0 Å². The molecule has 3 heterocycles. The number of hydrogen-bond donors (Lipinski definition) is 0. The summed E-state index contributed by atoms with van der Waals surface area (Å²) in [6.07, 6.45) is 3.47. The Bertz CT molecular complexity index is 615. The zero-order valence-corrected chi connectivity index (χ0v) is 13.8. The second-order valence-electron chi connectivity index (χ2n) is 7.19. The smallest absolute Gasteiger partial charge is 0.410 e. The maximum Gasteiger partial charge on any atom is 0.410 e. The van der Waals surface area contributed by atoms with Crippen molar-refractivity contribution in [3.63, 3.8) is 0 Å². The number of pyridine rings is 1. The molecule has 2 saturated heterocycles. The van der Waals surface area contributed by atoms with Crippen molar-refractivity contribution >= 4 is 11.9 Å². The normalized spacial score (nSPS) is 23.6. The monoisotopic (exact) mass is 314 g/mol. The summed E-state index contributed by atoms with van der Waals surface area (Å²) in [6.45, 7) is 6.98. The van der Waals surface area contributed by atoms with Crippen LogP contribution in [0.1, 0.15) is 39.2 Å². The number of carbonyl (C=O) groups is 1. The van der Waals surface area contributed by atoms with Gasteiger partial charge in [0.15, 0.2) is 0 Å². The van der Waals surface area contributed by atoms with Gasteiger partial charge in [0.2, 0.25) is 0 Å². The number of hydrogen-bond acceptors (Lipinski definition) is 5. The molecule has 2 aliphatic rings. The summed E-state index contributed by atoms with van der Waals surface area (Å²) in [5.74, 6) is 0.889. The molecule has 23 heavy (non-hydrogen) atoms. The lowest BCUT2D eigenvalue weighted by molar-refractivity contribution is 0.0209. The molecule has 6 heteroatoms. The first-order valence-electron chi connectivity index (χ1n) is 8.00. The van der Waals surface area contributed by atoms with E-state index in [4.69, 9.17) is 10.00 Å². The van der Waals surface area contributed by atoms with Crippen molar-refractivity contribution < 1.29 is 9.53 Å². The Morgan fingerprint density at radius 1 is 1.30 bits per heavy atom. The first-order chi connectivity index (χ1) is 10.9. The van der Waals surface area contributed by atoms with E-state index in [0.29, 0.717) is 18.7 Å². The topological polar surface area (TPSA) is 69.5 Å². The Labute approximate surface area is 136 Å². The predicted molar refractivity (Wildman–Crippen MR) is 86.0 cm³/mol. The minimum absolute atomic E-state index is 0.234. The predicted octanol–water partition coefficient (Wildman–Crippen LogP) is 2.54. The third-order valence-corrected chi connectivity index (χ3v) is 4.28. The largest absolute Gasteiger partial charge is 0.444 e. The summed E-state index contributed by atoms with van der Waals surface area (Å²) >= 11 is 0. The fourth-order valence-electron chi connectivity index (χ4n) is 3.36. The van der Waals surface area contributed by atoms with Crippen LogP contribution in [0.2, 0.25) is 0 Å². The molecule has 0 N–H and O–H groups in total. The maximum absolute atomic E-state index is 12.3. The Hall–Kier alpha value is -2.29. The lowest BCUT2D eigenvalue weighted by Crippen LogP contribution is -2.56. The summed E-state index contributed by atoms with van der Waals surface area (Å²) in [7, 11) is 0. The molecule has 3 rings (SSSR count). The van der Waals surface area contributed by atoms with E-state index < -0.39 is 5.60 Å². The van der Waals surface area contributed by atoms with Gasteiger partial charge in [0.1, 0.15) is 17.5 Å². The number of carbonyl (C=O) groups excluding carboxylic acids is 1. The number of nitrogens with zero attached hydrogens (tertiary/aromatic N) is 4. The number of ether oxygens (including phenoxy) is 1. The van der Waals surface area contributed by atoms with Gasteiger partial charge in [-0.25, -0.2) is 9.78 Å². The molecule has 1 amide bonds. The van der Waals surface area contributed by atoms with Crippen molar-refractivity contribution in [2.45, 2.75) is 51.3 Å². The van der Waals surface area contributed by atoms with Crippen LogP contribution in [0, 0.1) is 11.3 Å². The molecule has 1 aromatic rings. The standard InChI is InChI=1S/C17H22N4O2/c1-17(2,3)23-16(22)20-10-13-5-6-14(11-20)21(13)15-7-4-12(8-18)9-19-15/h4,7,9,13-14H,5-6,10-11H2,1-3H3/t13-,14?/m0/s1. The third-order valence-electron chi connectivity index (χ3n) is 4.28. The number of fused-ring (bicyclic) bond motifs is 2. The van der Waals surface area contributed by atoms with Crippen LogP contribution in [-0.4, -0.2) is 46.8 Å². The van der Waals surface area contributed by atoms with Gasteiger partial charge in [-0.1, -0.05) is 0 Å². The summed E-state index contributed by atoms with van der Waals surface area (Å²) in [4.78, 5) is 20.8. The molecule has 1 aromatic heterocycles. The maximum atomic E-state index is 12.3. The summed E-state index contributed by atoms with van der Waals surface area (Å²) in [6, 6.07) is 6.31. The highest BCUT2D eigenvalue weighted by molar-refractivity contribution is 5.69. The third kappa shape index (κ3) is 3.24. The van der Waals surface area contributed by atoms with E-state index in [-0.39, 0.29) is 18.2 Å². The number of nitriles is 1. The van der Waals surface area contributed by atoms with Crippen LogP contribution in [0.25, 0.3) is 0 Å². The van der Waals surface area contributed by atoms with Crippen molar-refractivity contribution in [1.29, 1.82) is 5.26 Å². The van der Waals surface area contributed by atoms with Crippen LogP contribution < -0.4 is 4.90 Å². The summed E-state index contributed by atoms with van der Waals surface area (Å²) in [5, 5.41) is 8.88. The number of aromatic nitrogens is 1. The van der Waals surface area contributed by atoms with E-state index in [1.165, 1.54) is 0 Å². The van der Waals surface area contributed by atoms with Crippen molar-refractivity contribution in [3.8, 4) is 6.07 Å². The molecule has 6 nitrogen and oxygen atoms in total. The van der Waals surface area contributed by atoms with E-state index in [0.717, 1.165) is 18.7 Å². The fourth-order valence-corrected chi connectivity index (χ4v) is 3.36. The molecule has 0 aromatic carbocycles. The van der Waals surface area contributed by atoms with Crippen molar-refractivity contribution in [1.82, 2.24) is 9.88 Å². The minimum atomic E-state index is -0.470. The number of amides is 1. The average Bonchev–Trinajstić information content (AvgIpc) is 2.75. The first kappa shape index (κ1) is 15.6. The van der Waals surface area contributed by atoms with Crippen LogP contribution in [0.3, 0.4) is 0 Å². The van der Waals surface area contributed by atoms with Crippen LogP contribution in [0.15, 0.2) is 18.3 Å². The minimum Gasteiger partial charge on any atom is -0.444 e.